The lowest BCUT2D eigenvalue weighted by Crippen LogP contribution is -2.53. The number of nitrogens with zero attached hydrogens (tertiary/aromatic N) is 3. The summed E-state index contributed by atoms with van der Waals surface area (Å²) in [6, 6.07) is 3.87. The molecule has 1 aliphatic rings. The molecule has 0 aliphatic carbocycles. The highest BCUT2D eigenvalue weighted by Crippen LogP contribution is 2.23. The molecular weight excluding hydrogens is 365 g/mol. The molecule has 2 rings (SSSR count). The molecule has 5 nitrogen and oxygen atoms in total. The number of halogens is 4. The zero-order chi connectivity index (χ0) is 17.7. The number of alkyl halides is 3. The van der Waals surface area contributed by atoms with Crippen LogP contribution in [0.4, 0.5) is 13.2 Å². The molecule has 136 valence electrons. The van der Waals surface area contributed by atoms with Gasteiger partial charge in [0.1, 0.15) is 0 Å². The van der Waals surface area contributed by atoms with E-state index in [-0.39, 0.29) is 0 Å². The zero-order valence-electron chi connectivity index (χ0n) is 13.2. The smallest absolute Gasteiger partial charge is 0.382 e. The van der Waals surface area contributed by atoms with Gasteiger partial charge in [0.2, 0.25) is 0 Å². The van der Waals surface area contributed by atoms with Gasteiger partial charge < -0.3 is 15.3 Å². The van der Waals surface area contributed by atoms with Gasteiger partial charge >= 0.3 is 6.18 Å². The van der Waals surface area contributed by atoms with Crippen molar-refractivity contribution in [2.75, 3.05) is 39.8 Å². The molecule has 0 saturated carbocycles. The van der Waals surface area contributed by atoms with E-state index in [1.807, 2.05) is 17.0 Å². The van der Waals surface area contributed by atoms with Crippen LogP contribution in [0.2, 0.25) is 4.34 Å². The quantitative estimate of drug-likeness (QED) is 0.616. The molecule has 1 fully saturated rings. The van der Waals surface area contributed by atoms with Crippen LogP contribution in [0.3, 0.4) is 0 Å². The molecule has 0 aromatic carbocycles. The van der Waals surface area contributed by atoms with Crippen molar-refractivity contribution in [3.05, 3.63) is 21.3 Å². The number of aliphatic hydroxyl groups is 1. The summed E-state index contributed by atoms with van der Waals surface area (Å²) in [7, 11) is 1.52. The molecule has 0 amide bonds. The maximum absolute atomic E-state index is 12.3. The van der Waals surface area contributed by atoms with Crippen molar-refractivity contribution in [1.82, 2.24) is 15.1 Å². The van der Waals surface area contributed by atoms with Gasteiger partial charge in [-0.2, -0.15) is 13.2 Å². The average Bonchev–Trinajstić information content (AvgIpc) is 2.93. The molecule has 0 spiro atoms. The van der Waals surface area contributed by atoms with Crippen molar-refractivity contribution >= 4 is 28.9 Å². The molecule has 1 unspecified atom stereocenters. The van der Waals surface area contributed by atoms with Gasteiger partial charge in [0.25, 0.3) is 0 Å². The standard InChI is InChI=1S/C14H20ClF3N4OS/c1-19-13(20-8-11(23)14(16,17)18)22-6-4-21(5-7-22)9-10-2-3-12(15)24-10/h2-3,11,23H,4-9H2,1H3,(H,19,20). The molecule has 1 atom stereocenters. The number of rotatable bonds is 4. The summed E-state index contributed by atoms with van der Waals surface area (Å²) in [6.45, 7) is 3.06. The maximum atomic E-state index is 12.3. The van der Waals surface area contributed by atoms with Crippen LogP contribution in [-0.4, -0.2) is 72.9 Å². The minimum Gasteiger partial charge on any atom is -0.382 e. The Morgan fingerprint density at radius 3 is 2.54 bits per heavy atom. The molecule has 0 radical (unpaired) electrons. The predicted octanol–water partition coefficient (Wildman–Crippen LogP) is 2.02. The Labute approximate surface area is 147 Å². The number of thiophene rings is 1. The molecule has 10 heteroatoms. The van der Waals surface area contributed by atoms with Crippen LogP contribution in [0.1, 0.15) is 4.88 Å². The molecule has 0 bridgehead atoms. The summed E-state index contributed by atoms with van der Waals surface area (Å²) in [5.74, 6) is 0.372. The van der Waals surface area contributed by atoms with Gasteiger partial charge in [0.15, 0.2) is 12.1 Å². The lowest BCUT2D eigenvalue weighted by molar-refractivity contribution is -0.201. The van der Waals surface area contributed by atoms with Crippen LogP contribution in [0, 0.1) is 0 Å². The maximum Gasteiger partial charge on any atom is 0.416 e. The Morgan fingerprint density at radius 2 is 2.04 bits per heavy atom. The molecular formula is C14H20ClF3N4OS. The summed E-state index contributed by atoms with van der Waals surface area (Å²) in [5, 5.41) is 11.6. The number of piperazine rings is 1. The third-order valence-electron chi connectivity index (χ3n) is 3.72. The summed E-state index contributed by atoms with van der Waals surface area (Å²) < 4.78 is 37.8. The molecule has 1 aromatic heterocycles. The van der Waals surface area contributed by atoms with Crippen LogP contribution in [0.25, 0.3) is 0 Å². The normalized spacial score (nSPS) is 18.8. The number of hydrogen-bond acceptors (Lipinski definition) is 4. The zero-order valence-corrected chi connectivity index (χ0v) is 14.8. The monoisotopic (exact) mass is 384 g/mol. The highest BCUT2D eigenvalue weighted by Gasteiger charge is 2.38. The topological polar surface area (TPSA) is 51.1 Å². The third kappa shape index (κ3) is 5.51. The molecule has 1 aromatic rings. The lowest BCUT2D eigenvalue weighted by Gasteiger charge is -2.36. The van der Waals surface area contributed by atoms with Gasteiger partial charge in [-0.25, -0.2) is 0 Å². The summed E-state index contributed by atoms with van der Waals surface area (Å²) >= 11 is 7.47. The Bertz CT molecular complexity index is 558. The largest absolute Gasteiger partial charge is 0.416 e. The van der Waals surface area contributed by atoms with Crippen LogP contribution >= 0.6 is 22.9 Å². The van der Waals surface area contributed by atoms with Crippen LogP contribution in [-0.2, 0) is 6.54 Å². The second kappa shape index (κ2) is 8.37. The van der Waals surface area contributed by atoms with Gasteiger partial charge in [0.05, 0.1) is 10.9 Å². The minimum atomic E-state index is -4.63. The van der Waals surface area contributed by atoms with Crippen molar-refractivity contribution in [3.63, 3.8) is 0 Å². The predicted molar refractivity (Wildman–Crippen MR) is 89.6 cm³/mol. The first kappa shape index (κ1) is 19.3. The number of aliphatic imine (C=N–C) groups is 1. The van der Waals surface area contributed by atoms with Crippen molar-refractivity contribution in [2.45, 2.75) is 18.8 Å². The number of nitrogens with one attached hydrogen (secondary N) is 1. The van der Waals surface area contributed by atoms with E-state index in [0.717, 1.165) is 24.0 Å². The summed E-state index contributed by atoms with van der Waals surface area (Å²) in [6.07, 6.45) is -7.04. The van der Waals surface area contributed by atoms with Crippen LogP contribution in [0.5, 0.6) is 0 Å². The molecule has 2 heterocycles. The first-order valence-corrected chi connectivity index (χ1v) is 8.66. The van der Waals surface area contributed by atoms with Crippen molar-refractivity contribution < 1.29 is 18.3 Å². The number of guanidine groups is 1. The van der Waals surface area contributed by atoms with Crippen LogP contribution < -0.4 is 5.32 Å². The Balaban J connectivity index is 1.79. The molecule has 1 aliphatic heterocycles. The SMILES string of the molecule is CN=C(NCC(O)C(F)(F)F)N1CCN(Cc2ccc(Cl)s2)CC1. The molecule has 1 saturated heterocycles. The van der Waals surface area contributed by atoms with E-state index in [0.29, 0.717) is 19.0 Å². The fourth-order valence-corrected chi connectivity index (χ4v) is 3.54. The molecule has 24 heavy (non-hydrogen) atoms. The Morgan fingerprint density at radius 1 is 1.38 bits per heavy atom. The van der Waals surface area contributed by atoms with E-state index in [1.165, 1.54) is 11.9 Å². The van der Waals surface area contributed by atoms with Crippen molar-refractivity contribution in [1.29, 1.82) is 0 Å². The van der Waals surface area contributed by atoms with E-state index in [9.17, 15) is 13.2 Å². The van der Waals surface area contributed by atoms with Crippen LogP contribution in [0.15, 0.2) is 17.1 Å². The third-order valence-corrected chi connectivity index (χ3v) is 4.94. The fraction of sp³-hybridized carbons (Fsp3) is 0.643. The van der Waals surface area contributed by atoms with Gasteiger partial charge in [-0.1, -0.05) is 11.6 Å². The van der Waals surface area contributed by atoms with Gasteiger partial charge in [-0.3, -0.25) is 9.89 Å². The Hall–Kier alpha value is -1.03. The molecule has 2 N–H and O–H groups in total. The van der Waals surface area contributed by atoms with E-state index in [4.69, 9.17) is 16.7 Å². The fourth-order valence-electron chi connectivity index (χ4n) is 2.41. The number of hydrogen-bond donors (Lipinski definition) is 2. The second-order valence-corrected chi connectivity index (χ2v) is 7.25. The second-order valence-electron chi connectivity index (χ2n) is 5.45. The minimum absolute atomic E-state index is 0.372. The lowest BCUT2D eigenvalue weighted by atomic mass is 10.3. The first-order chi connectivity index (χ1) is 11.3. The van der Waals surface area contributed by atoms with E-state index in [1.54, 1.807) is 11.3 Å². The number of aliphatic hydroxyl groups excluding tert-OH is 1. The first-order valence-electron chi connectivity index (χ1n) is 7.46. The van der Waals surface area contributed by atoms with Gasteiger partial charge in [-0.05, 0) is 12.1 Å². The van der Waals surface area contributed by atoms with Crippen molar-refractivity contribution in [2.24, 2.45) is 4.99 Å². The van der Waals surface area contributed by atoms with Gasteiger partial charge in [-0.15, -0.1) is 11.3 Å². The highest BCUT2D eigenvalue weighted by atomic mass is 35.5. The van der Waals surface area contributed by atoms with Crippen molar-refractivity contribution in [3.8, 4) is 0 Å². The highest BCUT2D eigenvalue weighted by molar-refractivity contribution is 7.16. The van der Waals surface area contributed by atoms with E-state index < -0.39 is 18.8 Å². The average molecular weight is 385 g/mol. The van der Waals surface area contributed by atoms with E-state index in [2.05, 4.69) is 15.2 Å². The van der Waals surface area contributed by atoms with Gasteiger partial charge in [0, 0.05) is 44.6 Å². The summed E-state index contributed by atoms with van der Waals surface area (Å²) in [5.41, 5.74) is 0. The van der Waals surface area contributed by atoms with E-state index >= 15 is 0 Å². The summed E-state index contributed by atoms with van der Waals surface area (Å²) in [4.78, 5) is 9.33. The Kier molecular flexibility index (Phi) is 6.73.